The predicted octanol–water partition coefficient (Wildman–Crippen LogP) is 4.33. The molecule has 0 spiro atoms. The summed E-state index contributed by atoms with van der Waals surface area (Å²) in [4.78, 5) is 22.9. The third-order valence-electron chi connectivity index (χ3n) is 4.72. The SMILES string of the molecule is C=Cc1cnc(N)c(C(=O)c2cc(C(F)(F)F)cc(N3CCCCCC3)n2)c1. The summed E-state index contributed by atoms with van der Waals surface area (Å²) in [6.45, 7) is 4.82. The van der Waals surface area contributed by atoms with Crippen molar-refractivity contribution in [3.63, 3.8) is 0 Å². The smallest absolute Gasteiger partial charge is 0.383 e. The lowest BCUT2D eigenvalue weighted by Gasteiger charge is -2.23. The van der Waals surface area contributed by atoms with Gasteiger partial charge in [0.25, 0.3) is 0 Å². The van der Waals surface area contributed by atoms with Gasteiger partial charge >= 0.3 is 6.18 Å². The third kappa shape index (κ3) is 4.32. The number of aromatic nitrogens is 2. The van der Waals surface area contributed by atoms with Gasteiger partial charge in [-0.25, -0.2) is 9.97 Å². The number of nitrogens with zero attached hydrogens (tertiary/aromatic N) is 3. The molecule has 0 radical (unpaired) electrons. The molecule has 1 aliphatic rings. The van der Waals surface area contributed by atoms with Crippen molar-refractivity contribution in [1.82, 2.24) is 9.97 Å². The quantitative estimate of drug-likeness (QED) is 0.787. The molecule has 2 aromatic heterocycles. The summed E-state index contributed by atoms with van der Waals surface area (Å²) < 4.78 is 40.4. The number of hydrogen-bond acceptors (Lipinski definition) is 5. The maximum absolute atomic E-state index is 13.5. The summed E-state index contributed by atoms with van der Waals surface area (Å²) in [7, 11) is 0. The maximum Gasteiger partial charge on any atom is 0.416 e. The Morgan fingerprint density at radius 3 is 2.43 bits per heavy atom. The number of pyridine rings is 2. The Balaban J connectivity index is 2.08. The number of nitrogens with two attached hydrogens (primary N) is 1. The predicted molar refractivity (Wildman–Crippen MR) is 102 cm³/mol. The molecule has 0 atom stereocenters. The minimum absolute atomic E-state index is 0.00559. The number of carbonyl (C=O) groups excluding carboxylic acids is 1. The third-order valence-corrected chi connectivity index (χ3v) is 4.72. The first-order valence-electron chi connectivity index (χ1n) is 9.06. The standard InChI is InChI=1S/C20H21F3N4O/c1-2-13-9-15(19(24)25-12-13)18(28)16-10-14(20(21,22)23)11-17(26-16)27-7-5-3-4-6-8-27/h2,9-12H,1,3-8H2,(H2,24,25). The first-order chi connectivity index (χ1) is 13.3. The van der Waals surface area contributed by atoms with E-state index in [0.29, 0.717) is 18.7 Å². The van der Waals surface area contributed by atoms with E-state index in [-0.39, 0.29) is 22.9 Å². The van der Waals surface area contributed by atoms with E-state index in [1.54, 1.807) is 4.90 Å². The van der Waals surface area contributed by atoms with Crippen LogP contribution in [0, 0.1) is 0 Å². The van der Waals surface area contributed by atoms with Crippen LogP contribution in [-0.2, 0) is 6.18 Å². The number of halogens is 3. The van der Waals surface area contributed by atoms with Crippen molar-refractivity contribution in [3.05, 3.63) is 53.4 Å². The molecule has 0 bridgehead atoms. The van der Waals surface area contributed by atoms with Crippen molar-refractivity contribution in [2.75, 3.05) is 23.7 Å². The van der Waals surface area contributed by atoms with Gasteiger partial charge in [0.1, 0.15) is 17.3 Å². The molecule has 2 N–H and O–H groups in total. The Morgan fingerprint density at radius 1 is 1.14 bits per heavy atom. The highest BCUT2D eigenvalue weighted by atomic mass is 19.4. The van der Waals surface area contributed by atoms with Gasteiger partial charge < -0.3 is 10.6 Å². The Hall–Kier alpha value is -2.90. The van der Waals surface area contributed by atoms with Gasteiger partial charge in [0.05, 0.1) is 11.1 Å². The number of anilines is 2. The number of nitrogen functional groups attached to an aromatic ring is 1. The fourth-order valence-electron chi connectivity index (χ4n) is 3.18. The minimum atomic E-state index is -4.59. The molecule has 148 valence electrons. The molecule has 0 aromatic carbocycles. The summed E-state index contributed by atoms with van der Waals surface area (Å²) in [5, 5.41) is 0. The number of ketones is 1. The Kier molecular flexibility index (Phi) is 5.67. The summed E-state index contributed by atoms with van der Waals surface area (Å²) in [6.07, 6.45) is 2.12. The number of rotatable bonds is 4. The van der Waals surface area contributed by atoms with Crippen molar-refractivity contribution in [2.24, 2.45) is 0 Å². The molecule has 0 unspecified atom stereocenters. The molecule has 0 saturated carbocycles. The molecule has 8 heteroatoms. The second-order valence-corrected chi connectivity index (χ2v) is 6.73. The van der Waals surface area contributed by atoms with E-state index in [2.05, 4.69) is 16.5 Å². The largest absolute Gasteiger partial charge is 0.416 e. The van der Waals surface area contributed by atoms with Crippen LogP contribution in [0.1, 0.15) is 52.9 Å². The maximum atomic E-state index is 13.5. The molecule has 0 amide bonds. The zero-order chi connectivity index (χ0) is 20.3. The molecular formula is C20H21F3N4O. The topological polar surface area (TPSA) is 72.1 Å². The van der Waals surface area contributed by atoms with Crippen molar-refractivity contribution >= 4 is 23.5 Å². The highest BCUT2D eigenvalue weighted by molar-refractivity contribution is 6.11. The first kappa shape index (κ1) is 19.9. The molecular weight excluding hydrogens is 369 g/mol. The van der Waals surface area contributed by atoms with Crippen LogP contribution in [0.3, 0.4) is 0 Å². The highest BCUT2D eigenvalue weighted by Gasteiger charge is 2.33. The van der Waals surface area contributed by atoms with E-state index in [0.717, 1.165) is 37.8 Å². The summed E-state index contributed by atoms with van der Waals surface area (Å²) in [5.41, 5.74) is 5.12. The van der Waals surface area contributed by atoms with Gasteiger partial charge in [-0.1, -0.05) is 25.5 Å². The molecule has 1 fully saturated rings. The first-order valence-corrected chi connectivity index (χ1v) is 9.06. The molecule has 5 nitrogen and oxygen atoms in total. The average molecular weight is 390 g/mol. The van der Waals surface area contributed by atoms with Gasteiger partial charge in [0.15, 0.2) is 0 Å². The van der Waals surface area contributed by atoms with Crippen LogP contribution in [0.25, 0.3) is 6.08 Å². The molecule has 1 saturated heterocycles. The van der Waals surface area contributed by atoms with Crippen LogP contribution < -0.4 is 10.6 Å². The van der Waals surface area contributed by atoms with Gasteiger partial charge in [-0.05, 0) is 36.6 Å². The number of carbonyl (C=O) groups is 1. The van der Waals surface area contributed by atoms with Crippen molar-refractivity contribution in [2.45, 2.75) is 31.9 Å². The zero-order valence-corrected chi connectivity index (χ0v) is 15.3. The lowest BCUT2D eigenvalue weighted by molar-refractivity contribution is -0.137. The summed E-state index contributed by atoms with van der Waals surface area (Å²) in [5.74, 6) is -0.603. The van der Waals surface area contributed by atoms with E-state index >= 15 is 0 Å². The van der Waals surface area contributed by atoms with Gasteiger partial charge in [-0.15, -0.1) is 0 Å². The fraction of sp³-hybridized carbons (Fsp3) is 0.350. The average Bonchev–Trinajstić information content (AvgIpc) is 2.96. The van der Waals surface area contributed by atoms with E-state index in [1.165, 1.54) is 18.3 Å². The van der Waals surface area contributed by atoms with Gasteiger partial charge in [-0.2, -0.15) is 13.2 Å². The number of hydrogen-bond donors (Lipinski definition) is 1. The Labute approximate surface area is 161 Å². The molecule has 2 aromatic rings. The summed E-state index contributed by atoms with van der Waals surface area (Å²) in [6, 6.07) is 3.22. The van der Waals surface area contributed by atoms with Crippen LogP contribution in [0.5, 0.6) is 0 Å². The molecule has 1 aliphatic heterocycles. The second kappa shape index (κ2) is 8.00. The lowest BCUT2D eigenvalue weighted by atomic mass is 10.0. The van der Waals surface area contributed by atoms with Crippen molar-refractivity contribution in [1.29, 1.82) is 0 Å². The highest BCUT2D eigenvalue weighted by Crippen LogP contribution is 2.33. The van der Waals surface area contributed by atoms with Crippen LogP contribution in [-0.4, -0.2) is 28.8 Å². The zero-order valence-electron chi connectivity index (χ0n) is 15.3. The van der Waals surface area contributed by atoms with Crippen LogP contribution >= 0.6 is 0 Å². The van der Waals surface area contributed by atoms with Crippen LogP contribution in [0.15, 0.2) is 31.0 Å². The van der Waals surface area contributed by atoms with Crippen LogP contribution in [0.2, 0.25) is 0 Å². The monoisotopic (exact) mass is 390 g/mol. The molecule has 28 heavy (non-hydrogen) atoms. The van der Waals surface area contributed by atoms with Crippen LogP contribution in [0.4, 0.5) is 24.8 Å². The van der Waals surface area contributed by atoms with Gasteiger partial charge in [0, 0.05) is 19.3 Å². The normalized spacial score (nSPS) is 15.2. The molecule has 3 rings (SSSR count). The van der Waals surface area contributed by atoms with Crippen molar-refractivity contribution < 1.29 is 18.0 Å². The number of alkyl halides is 3. The van der Waals surface area contributed by atoms with Gasteiger partial charge in [0.2, 0.25) is 5.78 Å². The fourth-order valence-corrected chi connectivity index (χ4v) is 3.18. The van der Waals surface area contributed by atoms with Crippen molar-refractivity contribution in [3.8, 4) is 0 Å². The Morgan fingerprint density at radius 2 is 1.82 bits per heavy atom. The molecule has 0 aliphatic carbocycles. The van der Waals surface area contributed by atoms with E-state index in [9.17, 15) is 18.0 Å². The lowest BCUT2D eigenvalue weighted by Crippen LogP contribution is -2.26. The van der Waals surface area contributed by atoms with E-state index in [1.807, 2.05) is 0 Å². The van der Waals surface area contributed by atoms with E-state index in [4.69, 9.17) is 5.73 Å². The second-order valence-electron chi connectivity index (χ2n) is 6.73. The van der Waals surface area contributed by atoms with Gasteiger partial charge in [-0.3, -0.25) is 4.79 Å². The van der Waals surface area contributed by atoms with E-state index < -0.39 is 17.5 Å². The Bertz CT molecular complexity index is 888. The minimum Gasteiger partial charge on any atom is -0.383 e. The molecule has 3 heterocycles. The summed E-state index contributed by atoms with van der Waals surface area (Å²) >= 11 is 0.